The van der Waals surface area contributed by atoms with Gasteiger partial charge in [-0.05, 0) is 58.0 Å². The molecule has 1 saturated heterocycles. The number of aryl methyl sites for hydroxylation is 3. The highest BCUT2D eigenvalue weighted by atomic mass is 32.2. The van der Waals surface area contributed by atoms with Gasteiger partial charge in [-0.1, -0.05) is 29.5 Å². The van der Waals surface area contributed by atoms with Gasteiger partial charge in [-0.25, -0.2) is 13.4 Å². The van der Waals surface area contributed by atoms with Crippen molar-refractivity contribution in [3.8, 4) is 0 Å². The van der Waals surface area contributed by atoms with Gasteiger partial charge in [-0.3, -0.25) is 4.79 Å². The standard InChI is InChI=1S/C22H30N4O3S2/c1-15-12-16(2)21(17(3)13-15)24-22(27)18(4)30-20-7-6-19(14-23-20)31(28,29)26-10-8-25(5)9-11-26/h6-7,12-14,18H,8-11H2,1-5H3,(H,24,27)/t18-/m1/s1. The van der Waals surface area contributed by atoms with Crippen LogP contribution in [0.3, 0.4) is 0 Å². The van der Waals surface area contributed by atoms with Gasteiger partial charge in [0.2, 0.25) is 15.9 Å². The van der Waals surface area contributed by atoms with Crippen LogP contribution < -0.4 is 5.32 Å². The fourth-order valence-corrected chi connectivity index (χ4v) is 5.76. The zero-order chi connectivity index (χ0) is 22.8. The molecule has 3 rings (SSSR count). The van der Waals surface area contributed by atoms with E-state index in [2.05, 4.69) is 15.2 Å². The van der Waals surface area contributed by atoms with Gasteiger partial charge in [-0.15, -0.1) is 0 Å². The number of aromatic nitrogens is 1. The molecule has 1 aromatic heterocycles. The Morgan fingerprint density at radius 3 is 2.26 bits per heavy atom. The van der Waals surface area contributed by atoms with Gasteiger partial charge in [0.15, 0.2) is 0 Å². The number of sulfonamides is 1. The van der Waals surface area contributed by atoms with Crippen molar-refractivity contribution in [2.24, 2.45) is 0 Å². The van der Waals surface area contributed by atoms with E-state index < -0.39 is 10.0 Å². The van der Waals surface area contributed by atoms with E-state index in [0.717, 1.165) is 22.4 Å². The number of carbonyl (C=O) groups is 1. The van der Waals surface area contributed by atoms with E-state index in [9.17, 15) is 13.2 Å². The summed E-state index contributed by atoms with van der Waals surface area (Å²) in [4.78, 5) is 19.3. The average Bonchev–Trinajstić information content (AvgIpc) is 2.71. The molecule has 2 heterocycles. The minimum atomic E-state index is -3.55. The third-order valence-electron chi connectivity index (χ3n) is 5.40. The van der Waals surface area contributed by atoms with E-state index in [4.69, 9.17) is 0 Å². The predicted octanol–water partition coefficient (Wildman–Crippen LogP) is 3.06. The van der Waals surface area contributed by atoms with Gasteiger partial charge in [-0.2, -0.15) is 4.31 Å². The first kappa shape index (κ1) is 23.7. The minimum absolute atomic E-state index is 0.115. The molecule has 1 fully saturated rings. The lowest BCUT2D eigenvalue weighted by molar-refractivity contribution is -0.115. The molecule has 7 nitrogen and oxygen atoms in total. The van der Waals surface area contributed by atoms with E-state index >= 15 is 0 Å². The minimum Gasteiger partial charge on any atom is -0.325 e. The highest BCUT2D eigenvalue weighted by molar-refractivity contribution is 8.00. The Bertz CT molecular complexity index is 1020. The second-order valence-corrected chi connectivity index (χ2v) is 11.4. The van der Waals surface area contributed by atoms with Crippen molar-refractivity contribution in [3.05, 3.63) is 47.2 Å². The number of pyridine rings is 1. The first-order valence-corrected chi connectivity index (χ1v) is 12.6. The molecular weight excluding hydrogens is 432 g/mol. The molecule has 1 aliphatic rings. The van der Waals surface area contributed by atoms with Crippen molar-refractivity contribution in [1.82, 2.24) is 14.2 Å². The molecular formula is C22H30N4O3S2. The van der Waals surface area contributed by atoms with E-state index in [1.54, 1.807) is 12.1 Å². The van der Waals surface area contributed by atoms with E-state index in [1.807, 2.05) is 46.9 Å². The van der Waals surface area contributed by atoms with Crippen LogP contribution in [0.2, 0.25) is 0 Å². The molecule has 0 spiro atoms. The van der Waals surface area contributed by atoms with E-state index in [1.165, 1.54) is 22.3 Å². The number of piperazine rings is 1. The number of nitrogens with zero attached hydrogens (tertiary/aromatic N) is 3. The van der Waals surface area contributed by atoms with Gasteiger partial charge in [0.1, 0.15) is 4.90 Å². The molecule has 2 aromatic rings. The Kier molecular flexibility index (Phi) is 7.41. The SMILES string of the molecule is Cc1cc(C)c(NC(=O)[C@@H](C)Sc2ccc(S(=O)(=O)N3CCN(C)CC3)cn2)c(C)c1. The van der Waals surface area contributed by atoms with Crippen molar-refractivity contribution < 1.29 is 13.2 Å². The Morgan fingerprint density at radius 1 is 1.10 bits per heavy atom. The first-order valence-electron chi connectivity index (χ1n) is 10.3. The summed E-state index contributed by atoms with van der Waals surface area (Å²) in [7, 11) is -1.56. The number of thioether (sulfide) groups is 1. The summed E-state index contributed by atoms with van der Waals surface area (Å²) in [6, 6.07) is 7.32. The van der Waals surface area contributed by atoms with Crippen molar-refractivity contribution in [1.29, 1.82) is 0 Å². The lowest BCUT2D eigenvalue weighted by Gasteiger charge is -2.31. The first-order chi connectivity index (χ1) is 14.6. The van der Waals surface area contributed by atoms with Crippen LogP contribution in [0.5, 0.6) is 0 Å². The smallest absolute Gasteiger partial charge is 0.244 e. The summed E-state index contributed by atoms with van der Waals surface area (Å²) in [5.41, 5.74) is 4.05. The van der Waals surface area contributed by atoms with Crippen LogP contribution in [0.15, 0.2) is 40.4 Å². The van der Waals surface area contributed by atoms with Crippen LogP contribution in [0.25, 0.3) is 0 Å². The van der Waals surface area contributed by atoms with Crippen LogP contribution >= 0.6 is 11.8 Å². The van der Waals surface area contributed by atoms with Gasteiger partial charge in [0.05, 0.1) is 10.3 Å². The van der Waals surface area contributed by atoms with Crippen molar-refractivity contribution in [2.45, 2.75) is 42.9 Å². The summed E-state index contributed by atoms with van der Waals surface area (Å²) in [5.74, 6) is -0.115. The number of benzene rings is 1. The number of rotatable bonds is 6. The molecule has 1 atom stereocenters. The molecule has 9 heteroatoms. The second kappa shape index (κ2) is 9.68. The molecule has 168 valence electrons. The number of hydrogen-bond acceptors (Lipinski definition) is 6. The number of nitrogens with one attached hydrogen (secondary N) is 1. The lowest BCUT2D eigenvalue weighted by atomic mass is 10.1. The molecule has 0 bridgehead atoms. The Morgan fingerprint density at radius 2 is 1.71 bits per heavy atom. The Labute approximate surface area is 189 Å². The quantitative estimate of drug-likeness (QED) is 0.665. The van der Waals surface area contributed by atoms with Crippen molar-refractivity contribution >= 4 is 33.4 Å². The number of likely N-dealkylation sites (N-methyl/N-ethyl adjacent to an activating group) is 1. The molecule has 0 unspecified atom stereocenters. The number of amides is 1. The highest BCUT2D eigenvalue weighted by Crippen LogP contribution is 2.27. The molecule has 31 heavy (non-hydrogen) atoms. The normalized spacial score (nSPS) is 16.8. The lowest BCUT2D eigenvalue weighted by Crippen LogP contribution is -2.47. The van der Waals surface area contributed by atoms with Gasteiger partial charge >= 0.3 is 0 Å². The highest BCUT2D eigenvalue weighted by Gasteiger charge is 2.28. The van der Waals surface area contributed by atoms with Gasteiger partial charge in [0.25, 0.3) is 0 Å². The largest absolute Gasteiger partial charge is 0.325 e. The molecule has 1 N–H and O–H groups in total. The van der Waals surface area contributed by atoms with Crippen LogP contribution in [-0.2, 0) is 14.8 Å². The molecule has 1 amide bonds. The maximum absolute atomic E-state index is 12.8. The Hall–Kier alpha value is -1.94. The van der Waals surface area contributed by atoms with Crippen LogP contribution in [0.1, 0.15) is 23.6 Å². The molecule has 0 aliphatic carbocycles. The zero-order valence-corrected chi connectivity index (χ0v) is 20.3. The zero-order valence-electron chi connectivity index (χ0n) is 18.7. The monoisotopic (exact) mass is 462 g/mol. The molecule has 0 radical (unpaired) electrons. The predicted molar refractivity (Wildman–Crippen MR) is 125 cm³/mol. The molecule has 1 aliphatic heterocycles. The second-order valence-electron chi connectivity index (χ2n) is 8.06. The molecule has 0 saturated carbocycles. The Balaban J connectivity index is 1.65. The van der Waals surface area contributed by atoms with Crippen molar-refractivity contribution in [3.63, 3.8) is 0 Å². The third kappa shape index (κ3) is 5.65. The maximum atomic E-state index is 12.8. The third-order valence-corrected chi connectivity index (χ3v) is 8.33. The van der Waals surface area contributed by atoms with E-state index in [0.29, 0.717) is 31.2 Å². The summed E-state index contributed by atoms with van der Waals surface area (Å²) in [6.07, 6.45) is 1.38. The topological polar surface area (TPSA) is 82.6 Å². The molecule has 1 aromatic carbocycles. The summed E-state index contributed by atoms with van der Waals surface area (Å²) in [6.45, 7) is 10.2. The van der Waals surface area contributed by atoms with Gasteiger partial charge < -0.3 is 10.2 Å². The number of hydrogen-bond donors (Lipinski definition) is 1. The van der Waals surface area contributed by atoms with Crippen LogP contribution in [0.4, 0.5) is 5.69 Å². The summed E-state index contributed by atoms with van der Waals surface area (Å²) >= 11 is 1.30. The summed E-state index contributed by atoms with van der Waals surface area (Å²) < 4.78 is 27.1. The fraction of sp³-hybridized carbons (Fsp3) is 0.455. The fourth-order valence-electron chi connectivity index (χ4n) is 3.60. The number of anilines is 1. The van der Waals surface area contributed by atoms with Gasteiger partial charge in [0, 0.05) is 38.1 Å². The van der Waals surface area contributed by atoms with Crippen molar-refractivity contribution in [2.75, 3.05) is 38.5 Å². The summed E-state index contributed by atoms with van der Waals surface area (Å²) in [5, 5.41) is 3.24. The number of carbonyl (C=O) groups excluding carboxylic acids is 1. The maximum Gasteiger partial charge on any atom is 0.244 e. The van der Waals surface area contributed by atoms with Crippen LogP contribution in [0, 0.1) is 20.8 Å². The van der Waals surface area contributed by atoms with Crippen LogP contribution in [-0.4, -0.2) is 67.0 Å². The average molecular weight is 463 g/mol. The van der Waals surface area contributed by atoms with E-state index in [-0.39, 0.29) is 16.1 Å².